The van der Waals surface area contributed by atoms with Crippen LogP contribution in [0, 0.1) is 0 Å². The molecule has 2 heterocycles. The van der Waals surface area contributed by atoms with E-state index in [4.69, 9.17) is 14.0 Å². The fourth-order valence-corrected chi connectivity index (χ4v) is 2.70. The molecule has 92 valence electrons. The van der Waals surface area contributed by atoms with Gasteiger partial charge in [-0.3, -0.25) is 4.55 Å². The molecule has 17 heavy (non-hydrogen) atoms. The Hall–Kier alpha value is 0.210. The van der Waals surface area contributed by atoms with Gasteiger partial charge in [-0.2, -0.15) is 8.42 Å². The SMILES string of the molecule is O=S(=O)(O)CCCC1COc2cscc2O1.[H-].[Na+]. The molecule has 1 atom stereocenters. The topological polar surface area (TPSA) is 72.8 Å². The van der Waals surface area contributed by atoms with Crippen LogP contribution in [0.15, 0.2) is 10.8 Å². The van der Waals surface area contributed by atoms with E-state index in [2.05, 4.69) is 0 Å². The van der Waals surface area contributed by atoms with E-state index in [9.17, 15) is 8.42 Å². The maximum absolute atomic E-state index is 10.5. The Morgan fingerprint density at radius 2 is 2.18 bits per heavy atom. The summed E-state index contributed by atoms with van der Waals surface area (Å²) in [5.41, 5.74) is 0. The van der Waals surface area contributed by atoms with E-state index in [-0.39, 0.29) is 42.8 Å². The molecule has 1 unspecified atom stereocenters. The number of hydrogen-bond donors (Lipinski definition) is 1. The molecule has 1 aliphatic heterocycles. The van der Waals surface area contributed by atoms with Crippen molar-refractivity contribution in [1.82, 2.24) is 0 Å². The standard InChI is InChI=1S/C9H12O5S2.Na.H/c10-16(11,12)3-1-2-7-4-13-8-5-15-6-9(8)14-7;;/h5-7H,1-4H2,(H,10,11,12);;/q;+1;-1. The average Bonchev–Trinajstić information content (AvgIpc) is 2.62. The minimum Gasteiger partial charge on any atom is -1.00 e. The van der Waals surface area contributed by atoms with Crippen LogP contribution in [0.5, 0.6) is 11.5 Å². The predicted molar refractivity (Wildman–Crippen MR) is 61.0 cm³/mol. The van der Waals surface area contributed by atoms with E-state index in [1.807, 2.05) is 10.8 Å². The van der Waals surface area contributed by atoms with Crippen molar-refractivity contribution in [2.24, 2.45) is 0 Å². The predicted octanol–water partition coefficient (Wildman–Crippen LogP) is -1.33. The third-order valence-electron chi connectivity index (χ3n) is 2.24. The van der Waals surface area contributed by atoms with Gasteiger partial charge in [0, 0.05) is 10.8 Å². The van der Waals surface area contributed by atoms with Crippen molar-refractivity contribution in [3.05, 3.63) is 10.8 Å². The Morgan fingerprint density at radius 1 is 1.47 bits per heavy atom. The van der Waals surface area contributed by atoms with Crippen LogP contribution in [0.2, 0.25) is 0 Å². The third kappa shape index (κ3) is 4.76. The van der Waals surface area contributed by atoms with E-state index < -0.39 is 10.1 Å². The zero-order valence-corrected chi connectivity index (χ0v) is 13.1. The van der Waals surface area contributed by atoms with Crippen LogP contribution in [-0.2, 0) is 10.1 Å². The van der Waals surface area contributed by atoms with Crippen LogP contribution in [0.4, 0.5) is 0 Å². The molecule has 2 rings (SSSR count). The summed E-state index contributed by atoms with van der Waals surface area (Å²) in [4.78, 5) is 0. The fraction of sp³-hybridized carbons (Fsp3) is 0.556. The van der Waals surface area contributed by atoms with Crippen molar-refractivity contribution >= 4 is 21.5 Å². The van der Waals surface area contributed by atoms with E-state index >= 15 is 0 Å². The van der Waals surface area contributed by atoms with Crippen molar-refractivity contribution in [3.63, 3.8) is 0 Å². The van der Waals surface area contributed by atoms with Crippen molar-refractivity contribution in [1.29, 1.82) is 0 Å². The molecule has 0 fully saturated rings. The third-order valence-corrected chi connectivity index (χ3v) is 3.74. The molecule has 5 nitrogen and oxygen atoms in total. The Balaban J connectivity index is 0.00000144. The maximum Gasteiger partial charge on any atom is 1.00 e. The molecule has 0 spiro atoms. The summed E-state index contributed by atoms with van der Waals surface area (Å²) in [7, 11) is -3.87. The van der Waals surface area contributed by atoms with Gasteiger partial charge < -0.3 is 10.9 Å². The van der Waals surface area contributed by atoms with Crippen molar-refractivity contribution in [3.8, 4) is 11.5 Å². The molecule has 1 aliphatic rings. The molecule has 0 bridgehead atoms. The minimum absolute atomic E-state index is 0. The molecule has 0 saturated heterocycles. The van der Waals surface area contributed by atoms with Crippen LogP contribution >= 0.6 is 11.3 Å². The van der Waals surface area contributed by atoms with Gasteiger partial charge in [0.05, 0.1) is 5.75 Å². The van der Waals surface area contributed by atoms with Crippen LogP contribution in [0.1, 0.15) is 14.3 Å². The van der Waals surface area contributed by atoms with Gasteiger partial charge in [0.2, 0.25) is 0 Å². The average molecular weight is 288 g/mol. The molecule has 0 aromatic carbocycles. The Kier molecular flexibility index (Phi) is 5.75. The first kappa shape index (κ1) is 15.3. The smallest absolute Gasteiger partial charge is 1.00 e. The molecular weight excluding hydrogens is 275 g/mol. The second-order valence-corrected chi connectivity index (χ2v) is 5.90. The van der Waals surface area contributed by atoms with Gasteiger partial charge in [0.15, 0.2) is 11.5 Å². The van der Waals surface area contributed by atoms with Gasteiger partial charge >= 0.3 is 29.6 Å². The van der Waals surface area contributed by atoms with Crippen LogP contribution in [0.3, 0.4) is 0 Å². The van der Waals surface area contributed by atoms with Gasteiger partial charge in [-0.1, -0.05) is 0 Å². The number of fused-ring (bicyclic) bond motifs is 1. The van der Waals surface area contributed by atoms with Gasteiger partial charge in [0.25, 0.3) is 10.1 Å². The number of rotatable bonds is 4. The van der Waals surface area contributed by atoms with E-state index in [0.29, 0.717) is 25.2 Å². The second-order valence-electron chi connectivity index (χ2n) is 3.58. The number of ether oxygens (including phenoxy) is 2. The minimum atomic E-state index is -3.87. The molecule has 1 aromatic heterocycles. The quantitative estimate of drug-likeness (QED) is 0.549. The summed E-state index contributed by atoms with van der Waals surface area (Å²) in [6.45, 7) is 0.426. The van der Waals surface area contributed by atoms with E-state index in [1.54, 1.807) is 0 Å². The molecule has 0 radical (unpaired) electrons. The molecule has 0 amide bonds. The molecule has 8 heteroatoms. The first-order chi connectivity index (χ1) is 7.54. The number of thiophene rings is 1. The molecule has 1 N–H and O–H groups in total. The zero-order chi connectivity index (χ0) is 11.6. The van der Waals surface area contributed by atoms with Gasteiger partial charge in [0.1, 0.15) is 12.7 Å². The summed E-state index contributed by atoms with van der Waals surface area (Å²) < 4.78 is 40.6. The monoisotopic (exact) mass is 288 g/mol. The molecule has 1 aromatic rings. The largest absolute Gasteiger partial charge is 1.00 e. The summed E-state index contributed by atoms with van der Waals surface area (Å²) in [5.74, 6) is 1.23. The maximum atomic E-state index is 10.5. The summed E-state index contributed by atoms with van der Waals surface area (Å²) in [6.07, 6.45) is 0.783. The Bertz CT molecular complexity index is 461. The normalized spacial score (nSPS) is 18.5. The molecule has 0 saturated carbocycles. The van der Waals surface area contributed by atoms with E-state index in [1.165, 1.54) is 11.3 Å². The van der Waals surface area contributed by atoms with Gasteiger partial charge in [-0.05, 0) is 12.8 Å². The van der Waals surface area contributed by atoms with Crippen molar-refractivity contribution < 1.29 is 53.4 Å². The Morgan fingerprint density at radius 3 is 2.88 bits per heavy atom. The Labute approximate surface area is 128 Å². The molecule has 0 aliphatic carbocycles. The van der Waals surface area contributed by atoms with Crippen LogP contribution in [0.25, 0.3) is 0 Å². The van der Waals surface area contributed by atoms with Crippen molar-refractivity contribution in [2.45, 2.75) is 18.9 Å². The second kappa shape index (κ2) is 6.40. The van der Waals surface area contributed by atoms with Crippen molar-refractivity contribution in [2.75, 3.05) is 12.4 Å². The summed E-state index contributed by atoms with van der Waals surface area (Å²) in [6, 6.07) is 0. The number of hydrogen-bond acceptors (Lipinski definition) is 5. The summed E-state index contributed by atoms with van der Waals surface area (Å²) >= 11 is 1.50. The molecular formula is C9H13NaO5S2. The first-order valence-corrected chi connectivity index (χ1v) is 7.40. The van der Waals surface area contributed by atoms with Gasteiger partial charge in [-0.25, -0.2) is 0 Å². The van der Waals surface area contributed by atoms with Crippen LogP contribution in [-0.4, -0.2) is 31.4 Å². The summed E-state index contributed by atoms with van der Waals surface area (Å²) in [5, 5.41) is 3.72. The van der Waals surface area contributed by atoms with Crippen LogP contribution < -0.4 is 39.0 Å². The van der Waals surface area contributed by atoms with E-state index in [0.717, 1.165) is 5.75 Å². The zero-order valence-electron chi connectivity index (χ0n) is 10.5. The first-order valence-electron chi connectivity index (χ1n) is 4.85. The van der Waals surface area contributed by atoms with Gasteiger partial charge in [-0.15, -0.1) is 11.3 Å². The fourth-order valence-electron chi connectivity index (χ4n) is 1.50.